The van der Waals surface area contributed by atoms with Gasteiger partial charge in [0.25, 0.3) is 0 Å². The molecule has 0 aromatic rings. The van der Waals surface area contributed by atoms with Crippen LogP contribution in [-0.2, 0) is 19.2 Å². The van der Waals surface area contributed by atoms with Gasteiger partial charge >= 0.3 is 122 Å². The van der Waals surface area contributed by atoms with Gasteiger partial charge in [-0.2, -0.15) is 0 Å². The van der Waals surface area contributed by atoms with E-state index < -0.39 is 50.1 Å². The first-order valence-electron chi connectivity index (χ1n) is 5.48. The van der Waals surface area contributed by atoms with Gasteiger partial charge in [0.1, 0.15) is 0 Å². The van der Waals surface area contributed by atoms with E-state index in [-0.39, 0.29) is 141 Å². The first kappa shape index (κ1) is 36.8. The summed E-state index contributed by atoms with van der Waals surface area (Å²) >= 11 is 0. The normalized spacial score (nSPS) is 8.92. The van der Waals surface area contributed by atoms with Crippen LogP contribution >= 0.6 is 0 Å². The van der Waals surface area contributed by atoms with Crippen molar-refractivity contribution < 1.29 is 167 Å². The third-order valence-corrected chi connectivity index (χ3v) is 2.16. The zero-order chi connectivity index (χ0) is 15.7. The van der Waals surface area contributed by atoms with Crippen LogP contribution in [0.5, 0.6) is 0 Å². The maximum atomic E-state index is 10.5. The summed E-state index contributed by atoms with van der Waals surface area (Å²) in [7, 11) is 0. The molecular formula is C10H14BrKN2Na2O8. The predicted octanol–water partition coefficient (Wildman–Crippen LogP) is -16.7. The van der Waals surface area contributed by atoms with Gasteiger partial charge in [0, 0.05) is 26.2 Å². The summed E-state index contributed by atoms with van der Waals surface area (Å²) in [6.07, 6.45) is 0. The third-order valence-electron chi connectivity index (χ3n) is 2.16. The van der Waals surface area contributed by atoms with Gasteiger partial charge in [0.05, 0.1) is 25.0 Å². The smallest absolute Gasteiger partial charge is 1.00 e. The molecule has 0 fully saturated rings. The number of carbonyl (C=O) groups excluding carboxylic acids is 2. The van der Waals surface area contributed by atoms with Gasteiger partial charge < -0.3 is 47.0 Å². The van der Waals surface area contributed by atoms with Crippen molar-refractivity contribution in [1.29, 1.82) is 0 Å². The molecule has 0 aliphatic heterocycles. The number of carboxylic acids is 4. The van der Waals surface area contributed by atoms with Crippen molar-refractivity contribution in [2.45, 2.75) is 0 Å². The summed E-state index contributed by atoms with van der Waals surface area (Å²) in [5, 5.41) is 38.0. The number of halogens is 1. The van der Waals surface area contributed by atoms with Crippen molar-refractivity contribution in [1.82, 2.24) is 9.80 Å². The Kier molecular flexibility index (Phi) is 32.5. The Morgan fingerprint density at radius 1 is 0.708 bits per heavy atom. The number of hydrogen-bond acceptors (Lipinski definition) is 8. The Morgan fingerprint density at radius 2 is 0.958 bits per heavy atom. The summed E-state index contributed by atoms with van der Waals surface area (Å²) < 4.78 is 0. The first-order chi connectivity index (χ1) is 9.20. The van der Waals surface area contributed by atoms with Gasteiger partial charge in [0.2, 0.25) is 0 Å². The van der Waals surface area contributed by atoms with Crippen molar-refractivity contribution >= 4 is 23.9 Å². The number of hydrogen-bond donors (Lipinski definition) is 2. The molecule has 0 saturated carbocycles. The fourth-order valence-corrected chi connectivity index (χ4v) is 1.46. The van der Waals surface area contributed by atoms with Crippen LogP contribution in [0.1, 0.15) is 0 Å². The summed E-state index contributed by atoms with van der Waals surface area (Å²) in [5.74, 6) is -5.52. The van der Waals surface area contributed by atoms with E-state index in [1.54, 1.807) is 0 Å². The minimum atomic E-state index is -1.51. The molecule has 0 atom stereocenters. The Balaban J connectivity index is -0.000000301. The molecule has 24 heavy (non-hydrogen) atoms. The predicted molar refractivity (Wildman–Crippen MR) is 58.2 cm³/mol. The molecule has 0 aromatic heterocycles. The zero-order valence-electron chi connectivity index (χ0n) is 13.9. The van der Waals surface area contributed by atoms with Crippen LogP contribution in [0.25, 0.3) is 0 Å². The van der Waals surface area contributed by atoms with Crippen molar-refractivity contribution in [3.05, 3.63) is 0 Å². The summed E-state index contributed by atoms with van der Waals surface area (Å²) in [6.45, 7) is -2.75. The molecule has 10 nitrogen and oxygen atoms in total. The Labute approximate surface area is 236 Å². The monoisotopic (exact) mass is 454 g/mol. The van der Waals surface area contributed by atoms with E-state index in [2.05, 4.69) is 0 Å². The average molecular weight is 455 g/mol. The zero-order valence-corrected chi connectivity index (χ0v) is 22.6. The van der Waals surface area contributed by atoms with Gasteiger partial charge in [-0.15, -0.1) is 0 Å². The molecule has 0 saturated heterocycles. The molecule has 0 rings (SSSR count). The average Bonchev–Trinajstić information content (AvgIpc) is 2.22. The first-order valence-corrected chi connectivity index (χ1v) is 5.48. The molecule has 14 heteroatoms. The number of aliphatic carboxylic acids is 4. The van der Waals surface area contributed by atoms with E-state index in [4.69, 9.17) is 10.2 Å². The van der Waals surface area contributed by atoms with Crippen LogP contribution in [0.2, 0.25) is 0 Å². The van der Waals surface area contributed by atoms with E-state index in [9.17, 15) is 29.4 Å². The summed E-state index contributed by atoms with van der Waals surface area (Å²) in [5.41, 5.74) is 0. The second-order valence-corrected chi connectivity index (χ2v) is 3.95. The molecule has 0 aliphatic carbocycles. The second kappa shape index (κ2) is 21.2. The van der Waals surface area contributed by atoms with Gasteiger partial charge in [-0.05, 0) is 0 Å². The molecule has 2 N–H and O–H groups in total. The van der Waals surface area contributed by atoms with E-state index in [1.807, 2.05) is 0 Å². The van der Waals surface area contributed by atoms with Crippen LogP contribution in [0.15, 0.2) is 0 Å². The molecule has 0 aromatic carbocycles. The number of carboxylic acid groups (broad SMARTS) is 4. The molecule has 0 unspecified atom stereocenters. The molecule has 0 bridgehead atoms. The van der Waals surface area contributed by atoms with Gasteiger partial charge in [-0.25, -0.2) is 0 Å². The fourth-order valence-electron chi connectivity index (χ4n) is 1.46. The standard InChI is InChI=1S/C10H16N2O8.BrH.K.2Na/c13-7(14)3-11(4-8(15)16)1-2-12(5-9(17)18)6-10(19)20;;;;/h1-6H2,(H,13,14)(H,15,16)(H,17,18)(H,19,20);1H;;;/q;;3*+1/p-3. The van der Waals surface area contributed by atoms with E-state index in [1.165, 1.54) is 0 Å². The molecule has 0 spiro atoms. The largest absolute Gasteiger partial charge is 1.00 e. The molecule has 0 aliphatic rings. The van der Waals surface area contributed by atoms with Crippen LogP contribution in [-0.4, -0.2) is 83.2 Å². The van der Waals surface area contributed by atoms with Gasteiger partial charge in [-0.1, -0.05) is 0 Å². The van der Waals surface area contributed by atoms with Crippen molar-refractivity contribution in [3.8, 4) is 0 Å². The van der Waals surface area contributed by atoms with Crippen molar-refractivity contribution in [2.24, 2.45) is 0 Å². The van der Waals surface area contributed by atoms with Crippen LogP contribution in [0.3, 0.4) is 0 Å². The molecule has 0 amide bonds. The maximum Gasteiger partial charge on any atom is 1.00 e. The molecular weight excluding hydrogens is 441 g/mol. The van der Waals surface area contributed by atoms with Crippen molar-refractivity contribution in [3.63, 3.8) is 0 Å². The molecule has 0 heterocycles. The summed E-state index contributed by atoms with van der Waals surface area (Å²) in [4.78, 5) is 43.9. The minimum Gasteiger partial charge on any atom is -1.00 e. The topological polar surface area (TPSA) is 161 Å². The third kappa shape index (κ3) is 23.9. The Morgan fingerprint density at radius 3 is 1.17 bits per heavy atom. The van der Waals surface area contributed by atoms with Gasteiger partial charge in [-0.3, -0.25) is 19.4 Å². The SMILES string of the molecule is O=C([O-])CN(CCN(CC(=O)O)CC(=O)O)CC(=O)[O-].[Br-].[K+].[Na+].[Na+]. The molecule has 0 radical (unpaired) electrons. The van der Waals surface area contributed by atoms with E-state index in [0.717, 1.165) is 9.80 Å². The van der Waals surface area contributed by atoms with Crippen LogP contribution in [0, 0.1) is 0 Å². The quantitative estimate of drug-likeness (QED) is 0.286. The summed E-state index contributed by atoms with van der Waals surface area (Å²) in [6, 6.07) is 0. The van der Waals surface area contributed by atoms with Crippen LogP contribution in [0.4, 0.5) is 0 Å². The van der Waals surface area contributed by atoms with Crippen molar-refractivity contribution in [2.75, 3.05) is 39.3 Å². The molecule has 122 valence electrons. The number of nitrogens with zero attached hydrogens (tertiary/aromatic N) is 2. The number of carbonyl (C=O) groups is 4. The van der Waals surface area contributed by atoms with Gasteiger partial charge in [0.15, 0.2) is 0 Å². The fraction of sp³-hybridized carbons (Fsp3) is 0.600. The second-order valence-electron chi connectivity index (χ2n) is 3.95. The van der Waals surface area contributed by atoms with E-state index in [0.29, 0.717) is 0 Å². The Hall–Kier alpha value is 1.92. The minimum absolute atomic E-state index is 0. The van der Waals surface area contributed by atoms with E-state index >= 15 is 0 Å². The van der Waals surface area contributed by atoms with Crippen LogP contribution < -0.4 is 138 Å². The Bertz CT molecular complexity index is 337. The maximum absolute atomic E-state index is 10.5. The number of rotatable bonds is 11.